The first kappa shape index (κ1) is 19.6. The molecule has 0 saturated carbocycles. The maximum atomic E-state index is 12.4. The number of benzene rings is 2. The summed E-state index contributed by atoms with van der Waals surface area (Å²) in [5, 5.41) is 3.15. The van der Waals surface area contributed by atoms with Crippen molar-refractivity contribution in [2.75, 3.05) is 14.1 Å². The Morgan fingerprint density at radius 1 is 1.11 bits per heavy atom. The molecular weight excluding hydrogens is 360 g/mol. The van der Waals surface area contributed by atoms with Crippen molar-refractivity contribution in [3.8, 4) is 0 Å². The van der Waals surface area contributed by atoms with Crippen LogP contribution in [0.2, 0.25) is 0 Å². The molecule has 0 saturated heterocycles. The zero-order valence-corrected chi connectivity index (χ0v) is 16.6. The first-order chi connectivity index (χ1) is 12.9. The van der Waals surface area contributed by atoms with Gasteiger partial charge in [0.1, 0.15) is 0 Å². The van der Waals surface area contributed by atoms with Crippen LogP contribution in [0.5, 0.6) is 0 Å². The lowest BCUT2D eigenvalue weighted by molar-refractivity contribution is -0.121. The minimum atomic E-state index is -3.42. The molecule has 5 nitrogen and oxygen atoms in total. The highest BCUT2D eigenvalue weighted by molar-refractivity contribution is 7.89. The van der Waals surface area contributed by atoms with Crippen LogP contribution < -0.4 is 5.32 Å². The average molecular weight is 387 g/mol. The molecule has 1 amide bonds. The number of amides is 1. The Morgan fingerprint density at radius 2 is 1.81 bits per heavy atom. The zero-order chi connectivity index (χ0) is 19.4. The minimum absolute atomic E-state index is 0.0293. The molecule has 0 fully saturated rings. The van der Waals surface area contributed by atoms with Gasteiger partial charge in [-0.05, 0) is 54.5 Å². The minimum Gasteiger partial charge on any atom is -0.349 e. The number of carbonyl (C=O) groups excluding carboxylic acids is 1. The molecule has 0 aliphatic heterocycles. The van der Waals surface area contributed by atoms with Gasteiger partial charge in [-0.1, -0.05) is 36.4 Å². The largest absolute Gasteiger partial charge is 0.349 e. The predicted octanol–water partition coefficient (Wildman–Crippen LogP) is 3.06. The van der Waals surface area contributed by atoms with Crippen molar-refractivity contribution in [2.45, 2.75) is 43.0 Å². The summed E-state index contributed by atoms with van der Waals surface area (Å²) in [7, 11) is -0.397. The fraction of sp³-hybridized carbons (Fsp3) is 0.381. The normalized spacial score (nSPS) is 16.8. The summed E-state index contributed by atoms with van der Waals surface area (Å²) >= 11 is 0. The van der Waals surface area contributed by atoms with Crippen LogP contribution in [-0.2, 0) is 27.7 Å². The van der Waals surface area contributed by atoms with E-state index in [1.165, 1.54) is 29.5 Å². The lowest BCUT2D eigenvalue weighted by atomic mass is 9.87. The molecule has 1 aliphatic rings. The third-order valence-electron chi connectivity index (χ3n) is 5.05. The molecule has 3 rings (SSSR count). The van der Waals surface area contributed by atoms with Crippen LogP contribution in [-0.4, -0.2) is 32.7 Å². The Morgan fingerprint density at radius 3 is 2.52 bits per heavy atom. The van der Waals surface area contributed by atoms with Crippen LogP contribution in [0.25, 0.3) is 0 Å². The number of hydrogen-bond acceptors (Lipinski definition) is 3. The molecule has 0 unspecified atom stereocenters. The fourth-order valence-electron chi connectivity index (χ4n) is 3.47. The monoisotopic (exact) mass is 386 g/mol. The van der Waals surface area contributed by atoms with Crippen molar-refractivity contribution in [2.24, 2.45) is 0 Å². The van der Waals surface area contributed by atoms with Gasteiger partial charge in [0.25, 0.3) is 0 Å². The van der Waals surface area contributed by atoms with Crippen molar-refractivity contribution in [1.29, 1.82) is 0 Å². The van der Waals surface area contributed by atoms with E-state index >= 15 is 0 Å². The summed E-state index contributed by atoms with van der Waals surface area (Å²) in [6, 6.07) is 15.1. The van der Waals surface area contributed by atoms with Crippen LogP contribution in [0, 0.1) is 0 Å². The SMILES string of the molecule is CN(C)S(=O)(=O)c1ccc(CCC(=O)N[C@@H]2CCCc3ccccc32)cc1. The Kier molecular flexibility index (Phi) is 5.97. The summed E-state index contributed by atoms with van der Waals surface area (Å²) < 4.78 is 25.4. The summed E-state index contributed by atoms with van der Waals surface area (Å²) in [5.74, 6) is 0.0293. The van der Waals surface area contributed by atoms with Crippen LogP contribution in [0.3, 0.4) is 0 Å². The van der Waals surface area contributed by atoms with Gasteiger partial charge in [-0.2, -0.15) is 0 Å². The van der Waals surface area contributed by atoms with Gasteiger partial charge in [0.15, 0.2) is 0 Å². The molecule has 1 aliphatic carbocycles. The Labute approximate surface area is 161 Å². The molecule has 0 bridgehead atoms. The number of aryl methyl sites for hydroxylation is 2. The van der Waals surface area contributed by atoms with E-state index in [0.717, 1.165) is 24.8 Å². The second-order valence-corrected chi connectivity index (χ2v) is 9.29. The van der Waals surface area contributed by atoms with Crippen molar-refractivity contribution in [3.63, 3.8) is 0 Å². The van der Waals surface area contributed by atoms with Crippen molar-refractivity contribution in [3.05, 3.63) is 65.2 Å². The van der Waals surface area contributed by atoms with Crippen LogP contribution in [0.15, 0.2) is 53.4 Å². The van der Waals surface area contributed by atoms with E-state index in [9.17, 15) is 13.2 Å². The maximum absolute atomic E-state index is 12.4. The third kappa shape index (κ3) is 4.57. The molecular formula is C21H26N2O3S. The number of sulfonamides is 1. The lowest BCUT2D eigenvalue weighted by Crippen LogP contribution is -2.31. The molecule has 0 spiro atoms. The number of hydrogen-bond donors (Lipinski definition) is 1. The van der Waals surface area contributed by atoms with Gasteiger partial charge in [0.2, 0.25) is 15.9 Å². The van der Waals surface area contributed by atoms with Gasteiger partial charge in [0.05, 0.1) is 10.9 Å². The van der Waals surface area contributed by atoms with Gasteiger partial charge in [-0.25, -0.2) is 12.7 Å². The number of carbonyl (C=O) groups is 1. The smallest absolute Gasteiger partial charge is 0.242 e. The van der Waals surface area contributed by atoms with Gasteiger partial charge >= 0.3 is 0 Å². The second-order valence-electron chi connectivity index (χ2n) is 7.14. The van der Waals surface area contributed by atoms with E-state index in [4.69, 9.17) is 0 Å². The topological polar surface area (TPSA) is 66.5 Å². The van der Waals surface area contributed by atoms with E-state index in [2.05, 4.69) is 17.4 Å². The summed E-state index contributed by atoms with van der Waals surface area (Å²) in [6.07, 6.45) is 4.11. The summed E-state index contributed by atoms with van der Waals surface area (Å²) in [4.78, 5) is 12.7. The Hall–Kier alpha value is -2.18. The van der Waals surface area contributed by atoms with Crippen molar-refractivity contribution < 1.29 is 13.2 Å². The molecule has 6 heteroatoms. The maximum Gasteiger partial charge on any atom is 0.242 e. The van der Waals surface area contributed by atoms with E-state index in [-0.39, 0.29) is 16.8 Å². The quantitative estimate of drug-likeness (QED) is 0.830. The lowest BCUT2D eigenvalue weighted by Gasteiger charge is -2.26. The molecule has 0 aromatic heterocycles. The van der Waals surface area contributed by atoms with Gasteiger partial charge in [0, 0.05) is 20.5 Å². The Balaban J connectivity index is 1.57. The van der Waals surface area contributed by atoms with Gasteiger partial charge in [-0.15, -0.1) is 0 Å². The highest BCUT2D eigenvalue weighted by Gasteiger charge is 2.21. The average Bonchev–Trinajstić information content (AvgIpc) is 2.67. The number of nitrogens with zero attached hydrogens (tertiary/aromatic N) is 1. The zero-order valence-electron chi connectivity index (χ0n) is 15.8. The molecule has 2 aromatic carbocycles. The first-order valence-electron chi connectivity index (χ1n) is 9.26. The number of fused-ring (bicyclic) bond motifs is 1. The summed E-state index contributed by atoms with van der Waals surface area (Å²) in [5.41, 5.74) is 3.51. The second kappa shape index (κ2) is 8.23. The molecule has 2 aromatic rings. The van der Waals surface area contributed by atoms with Crippen molar-refractivity contribution >= 4 is 15.9 Å². The van der Waals surface area contributed by atoms with E-state index in [1.54, 1.807) is 24.3 Å². The fourth-order valence-corrected chi connectivity index (χ4v) is 4.37. The molecule has 1 N–H and O–H groups in total. The standard InChI is InChI=1S/C21H26N2O3S/c1-23(2)27(25,26)18-13-10-16(11-14-18)12-15-21(24)22-20-9-5-7-17-6-3-4-8-19(17)20/h3-4,6,8,10-11,13-14,20H,5,7,9,12,15H2,1-2H3,(H,22,24)/t20-/m1/s1. The van der Waals surface area contributed by atoms with Crippen LogP contribution >= 0.6 is 0 Å². The molecule has 0 radical (unpaired) electrons. The van der Waals surface area contributed by atoms with Gasteiger partial charge in [-0.3, -0.25) is 4.79 Å². The molecule has 1 atom stereocenters. The molecule has 144 valence electrons. The highest BCUT2D eigenvalue weighted by atomic mass is 32.2. The predicted molar refractivity (Wildman–Crippen MR) is 106 cm³/mol. The highest BCUT2D eigenvalue weighted by Crippen LogP contribution is 2.29. The van der Waals surface area contributed by atoms with Crippen molar-refractivity contribution in [1.82, 2.24) is 9.62 Å². The summed E-state index contributed by atoms with van der Waals surface area (Å²) in [6.45, 7) is 0. The van der Waals surface area contributed by atoms with Gasteiger partial charge < -0.3 is 5.32 Å². The Bertz CT molecular complexity index is 905. The third-order valence-corrected chi connectivity index (χ3v) is 6.88. The van der Waals surface area contributed by atoms with E-state index < -0.39 is 10.0 Å². The first-order valence-corrected chi connectivity index (χ1v) is 10.7. The van der Waals surface area contributed by atoms with E-state index in [0.29, 0.717) is 12.8 Å². The number of rotatable bonds is 6. The number of nitrogens with one attached hydrogen (secondary N) is 1. The van der Waals surface area contributed by atoms with E-state index in [1.807, 2.05) is 12.1 Å². The van der Waals surface area contributed by atoms with Crippen LogP contribution in [0.1, 0.15) is 42.0 Å². The molecule has 0 heterocycles. The van der Waals surface area contributed by atoms with Crippen LogP contribution in [0.4, 0.5) is 0 Å². The molecule has 27 heavy (non-hydrogen) atoms.